The second-order valence-corrected chi connectivity index (χ2v) is 5.74. The smallest absolute Gasteiger partial charge is 0.196 e. The summed E-state index contributed by atoms with van der Waals surface area (Å²) in [6.45, 7) is 10.6. The zero-order valence-corrected chi connectivity index (χ0v) is 12.2. The Hall–Kier alpha value is -0.730. The number of rotatable bonds is 6. The van der Waals surface area contributed by atoms with Crippen LogP contribution in [-0.4, -0.2) is 48.5 Å². The fourth-order valence-corrected chi connectivity index (χ4v) is 3.11. The van der Waals surface area contributed by atoms with E-state index in [1.54, 1.807) is 0 Å². The molecule has 0 spiro atoms. The van der Waals surface area contributed by atoms with Crippen LogP contribution in [-0.2, 0) is 0 Å². The molecule has 3 heteroatoms. The number of hydrogen-bond acceptors (Lipinski definition) is 3. The zero-order valence-electron chi connectivity index (χ0n) is 12.2. The van der Waals surface area contributed by atoms with Crippen LogP contribution < -0.4 is 0 Å². The monoisotopic (exact) mass is 251 g/mol. The topological polar surface area (TPSA) is 18.8 Å². The minimum Gasteiger partial charge on any atom is -0.343 e. The maximum absolute atomic E-state index is 4.77. The van der Waals surface area contributed by atoms with Crippen molar-refractivity contribution in [2.45, 2.75) is 52.4 Å². The van der Waals surface area contributed by atoms with Crippen LogP contribution in [0.25, 0.3) is 0 Å². The van der Waals surface area contributed by atoms with Gasteiger partial charge in [0.05, 0.1) is 0 Å². The lowest BCUT2D eigenvalue weighted by Gasteiger charge is -2.42. The summed E-state index contributed by atoms with van der Waals surface area (Å²) in [5, 5.41) is 0. The molecular formula is C15H29N3. The molecule has 0 amide bonds. The van der Waals surface area contributed by atoms with E-state index < -0.39 is 0 Å². The number of hydrogen-bond donors (Lipinski definition) is 0. The molecule has 1 atom stereocenters. The third kappa shape index (κ3) is 3.39. The van der Waals surface area contributed by atoms with Gasteiger partial charge in [0.2, 0.25) is 0 Å². The lowest BCUT2D eigenvalue weighted by Crippen LogP contribution is -2.53. The first-order chi connectivity index (χ1) is 8.85. The predicted molar refractivity (Wildman–Crippen MR) is 78.0 cm³/mol. The highest BCUT2D eigenvalue weighted by Crippen LogP contribution is 2.19. The average molecular weight is 251 g/mol. The van der Waals surface area contributed by atoms with E-state index in [9.17, 15) is 0 Å². The van der Waals surface area contributed by atoms with E-state index in [1.165, 1.54) is 70.7 Å². The zero-order chi connectivity index (χ0) is 12.8. The molecule has 2 rings (SSSR count). The Morgan fingerprint density at radius 2 is 2.00 bits per heavy atom. The van der Waals surface area contributed by atoms with Crippen LogP contribution in [0.4, 0.5) is 0 Å². The Bertz CT molecular complexity index is 275. The molecule has 2 heterocycles. The van der Waals surface area contributed by atoms with Gasteiger partial charge in [-0.05, 0) is 25.2 Å². The van der Waals surface area contributed by atoms with Gasteiger partial charge in [-0.1, -0.05) is 33.1 Å². The molecule has 0 aliphatic carbocycles. The van der Waals surface area contributed by atoms with E-state index in [4.69, 9.17) is 4.99 Å². The SMILES string of the molecule is CCCCC(CC)CN1CCCN2CCCN=C21. The third-order valence-electron chi connectivity index (χ3n) is 4.28. The van der Waals surface area contributed by atoms with Crippen LogP contribution in [0.2, 0.25) is 0 Å². The summed E-state index contributed by atoms with van der Waals surface area (Å²) >= 11 is 0. The highest BCUT2D eigenvalue weighted by Gasteiger charge is 2.26. The lowest BCUT2D eigenvalue weighted by atomic mass is 9.98. The summed E-state index contributed by atoms with van der Waals surface area (Å²) in [6, 6.07) is 0. The molecule has 0 bridgehead atoms. The quantitative estimate of drug-likeness (QED) is 0.723. The van der Waals surface area contributed by atoms with Gasteiger partial charge in [0, 0.05) is 32.7 Å². The van der Waals surface area contributed by atoms with Crippen molar-refractivity contribution >= 4 is 5.96 Å². The molecule has 3 nitrogen and oxygen atoms in total. The fraction of sp³-hybridized carbons (Fsp3) is 0.933. The molecule has 0 N–H and O–H groups in total. The average Bonchev–Trinajstić information content (AvgIpc) is 2.43. The van der Waals surface area contributed by atoms with E-state index in [2.05, 4.69) is 23.6 Å². The molecule has 2 aliphatic rings. The summed E-state index contributed by atoms with van der Waals surface area (Å²) in [6.07, 6.45) is 7.94. The Kier molecular flexibility index (Phi) is 5.33. The van der Waals surface area contributed by atoms with Crippen LogP contribution >= 0.6 is 0 Å². The molecule has 2 aliphatic heterocycles. The van der Waals surface area contributed by atoms with E-state index in [0.29, 0.717) is 0 Å². The summed E-state index contributed by atoms with van der Waals surface area (Å²) in [7, 11) is 0. The number of nitrogens with zero attached hydrogens (tertiary/aromatic N) is 3. The number of guanidine groups is 1. The summed E-state index contributed by atoms with van der Waals surface area (Å²) in [5.74, 6) is 2.16. The van der Waals surface area contributed by atoms with Crippen molar-refractivity contribution in [2.75, 3.05) is 32.7 Å². The second-order valence-electron chi connectivity index (χ2n) is 5.74. The summed E-state index contributed by atoms with van der Waals surface area (Å²) in [5.41, 5.74) is 0. The van der Waals surface area contributed by atoms with Crippen LogP contribution in [0.5, 0.6) is 0 Å². The molecule has 1 unspecified atom stereocenters. The molecule has 18 heavy (non-hydrogen) atoms. The van der Waals surface area contributed by atoms with Gasteiger partial charge in [-0.3, -0.25) is 4.99 Å². The molecule has 104 valence electrons. The first-order valence-corrected chi connectivity index (χ1v) is 7.89. The van der Waals surface area contributed by atoms with E-state index in [0.717, 1.165) is 12.5 Å². The van der Waals surface area contributed by atoms with Crippen molar-refractivity contribution in [1.29, 1.82) is 0 Å². The summed E-state index contributed by atoms with van der Waals surface area (Å²) < 4.78 is 0. The summed E-state index contributed by atoms with van der Waals surface area (Å²) in [4.78, 5) is 9.83. The predicted octanol–water partition coefficient (Wildman–Crippen LogP) is 2.97. The van der Waals surface area contributed by atoms with Crippen molar-refractivity contribution in [3.63, 3.8) is 0 Å². The highest BCUT2D eigenvalue weighted by molar-refractivity contribution is 5.81. The molecule has 1 saturated heterocycles. The maximum Gasteiger partial charge on any atom is 0.196 e. The number of aliphatic imine (C=N–C) groups is 1. The van der Waals surface area contributed by atoms with Gasteiger partial charge in [0.25, 0.3) is 0 Å². The van der Waals surface area contributed by atoms with Crippen molar-refractivity contribution < 1.29 is 0 Å². The third-order valence-corrected chi connectivity index (χ3v) is 4.28. The first-order valence-electron chi connectivity index (χ1n) is 7.89. The highest BCUT2D eigenvalue weighted by atomic mass is 15.4. The van der Waals surface area contributed by atoms with Gasteiger partial charge in [-0.2, -0.15) is 0 Å². The van der Waals surface area contributed by atoms with E-state index in [-0.39, 0.29) is 0 Å². The normalized spacial score (nSPS) is 21.6. The standard InChI is InChI=1S/C15H29N3/c1-3-5-8-14(4-2)13-18-12-7-11-17-10-6-9-16-15(17)18/h14H,3-13H2,1-2H3. The molecule has 0 aromatic rings. The van der Waals surface area contributed by atoms with E-state index >= 15 is 0 Å². The lowest BCUT2D eigenvalue weighted by molar-refractivity contribution is 0.215. The van der Waals surface area contributed by atoms with Crippen molar-refractivity contribution in [3.05, 3.63) is 0 Å². The van der Waals surface area contributed by atoms with Crippen LogP contribution in [0.3, 0.4) is 0 Å². The molecular weight excluding hydrogens is 222 g/mol. The Balaban J connectivity index is 1.91. The van der Waals surface area contributed by atoms with Crippen molar-refractivity contribution in [1.82, 2.24) is 9.80 Å². The molecule has 0 aromatic carbocycles. The van der Waals surface area contributed by atoms with Gasteiger partial charge in [-0.25, -0.2) is 0 Å². The van der Waals surface area contributed by atoms with Crippen molar-refractivity contribution in [3.8, 4) is 0 Å². The number of fused-ring (bicyclic) bond motifs is 1. The van der Waals surface area contributed by atoms with E-state index in [1.807, 2.05) is 0 Å². The van der Waals surface area contributed by atoms with Gasteiger partial charge < -0.3 is 9.80 Å². The minimum atomic E-state index is 0.856. The Morgan fingerprint density at radius 3 is 2.78 bits per heavy atom. The van der Waals surface area contributed by atoms with Gasteiger partial charge in [0.1, 0.15) is 0 Å². The van der Waals surface area contributed by atoms with Gasteiger partial charge in [0.15, 0.2) is 5.96 Å². The molecule has 0 aromatic heterocycles. The molecule has 0 radical (unpaired) electrons. The first kappa shape index (κ1) is 13.7. The molecule has 0 saturated carbocycles. The minimum absolute atomic E-state index is 0.856. The van der Waals surface area contributed by atoms with Crippen LogP contribution in [0.1, 0.15) is 52.4 Å². The van der Waals surface area contributed by atoms with Crippen molar-refractivity contribution in [2.24, 2.45) is 10.9 Å². The fourth-order valence-electron chi connectivity index (χ4n) is 3.11. The Labute approximate surface area is 112 Å². The Morgan fingerprint density at radius 1 is 1.17 bits per heavy atom. The van der Waals surface area contributed by atoms with Crippen LogP contribution in [0.15, 0.2) is 4.99 Å². The van der Waals surface area contributed by atoms with Crippen LogP contribution in [0, 0.1) is 5.92 Å². The van der Waals surface area contributed by atoms with Gasteiger partial charge >= 0.3 is 0 Å². The molecule has 1 fully saturated rings. The largest absolute Gasteiger partial charge is 0.343 e. The number of unbranched alkanes of at least 4 members (excludes halogenated alkanes) is 1. The second kappa shape index (κ2) is 7.01. The maximum atomic E-state index is 4.77. The van der Waals surface area contributed by atoms with Gasteiger partial charge in [-0.15, -0.1) is 0 Å².